The van der Waals surface area contributed by atoms with E-state index in [1.807, 2.05) is 0 Å². The monoisotopic (exact) mass is 450 g/mol. The number of aliphatic hydroxyl groups is 1. The van der Waals surface area contributed by atoms with Crippen molar-refractivity contribution in [3.8, 4) is 0 Å². The zero-order chi connectivity index (χ0) is 15.5. The van der Waals surface area contributed by atoms with E-state index < -0.39 is 0 Å². The normalized spacial score (nSPS) is 18.8. The van der Waals surface area contributed by atoms with Crippen LogP contribution in [0.5, 0.6) is 0 Å². The van der Waals surface area contributed by atoms with Crippen LogP contribution in [0.1, 0.15) is 84.5 Å². The molecule has 0 spiro atoms. The molecule has 0 aromatic heterocycles. The van der Waals surface area contributed by atoms with Crippen LogP contribution in [-0.4, -0.2) is 18.3 Å². The summed E-state index contributed by atoms with van der Waals surface area (Å²) in [6, 6.07) is 0.610. The minimum Gasteiger partial charge on any atom is -0.400 e. The molecular weight excluding hydrogens is 415 g/mol. The predicted molar refractivity (Wildman–Crippen MR) is 85.1 cm³/mol. The Bertz CT molecular complexity index is 133. The maximum Gasteiger partial charge on any atom is 0.0319 e. The fourth-order valence-electron chi connectivity index (χ4n) is 1.88. The van der Waals surface area contributed by atoms with E-state index >= 15 is 0 Å². The molecule has 2 nitrogen and oxygen atoms in total. The van der Waals surface area contributed by atoms with Gasteiger partial charge < -0.3 is 17.9 Å². The van der Waals surface area contributed by atoms with Gasteiger partial charge in [0.25, 0.3) is 0 Å². The molecule has 3 heteroatoms. The second-order valence-electron chi connectivity index (χ2n) is 5.23. The van der Waals surface area contributed by atoms with Crippen molar-refractivity contribution in [1.82, 2.24) is 0 Å². The van der Waals surface area contributed by atoms with Crippen LogP contribution in [0.4, 0.5) is 0 Å². The van der Waals surface area contributed by atoms with Gasteiger partial charge in [-0.25, -0.2) is 0 Å². The molecule has 0 aliphatic heterocycles. The Labute approximate surface area is 139 Å². The summed E-state index contributed by atoms with van der Waals surface area (Å²) >= 11 is 1.18. The van der Waals surface area contributed by atoms with Gasteiger partial charge in [0.2, 0.25) is 0 Å². The Morgan fingerprint density at radius 2 is 1.25 bits per heavy atom. The average molecular weight is 450 g/mol. The van der Waals surface area contributed by atoms with Crippen molar-refractivity contribution in [1.29, 1.82) is 0 Å². The smallest absolute Gasteiger partial charge is 0.0319 e. The van der Waals surface area contributed by atoms with Crippen LogP contribution in [0.2, 0.25) is 0 Å². The Hall–Kier alpha value is 0.500. The van der Waals surface area contributed by atoms with Crippen molar-refractivity contribution in [2.75, 3.05) is 7.11 Å². The minimum atomic E-state index is 0.610. The molecular formula is C17H35NOTa-2. The molecule has 2 rings (SSSR count). The standard InChI is InChI=1S/2C6H11.C4H9N.CH4O.Ta/c2*1-2-4-6-5-3-1;1-3-4(2)5;1-2;/h2*1H,2-6H2;4H,3H2,1-2H3;2H,1H3;/q2*-1;;;. The molecule has 0 radical (unpaired) electrons. The first-order valence-electron chi connectivity index (χ1n) is 8.23. The van der Waals surface area contributed by atoms with E-state index in [-0.39, 0.29) is 0 Å². The fraction of sp³-hybridized carbons (Fsp3) is 0.882. The average Bonchev–Trinajstić information content (AvgIpc) is 2.60. The first-order valence-corrected chi connectivity index (χ1v) is 9.67. The first-order chi connectivity index (χ1) is 9.81. The van der Waals surface area contributed by atoms with Gasteiger partial charge >= 0.3 is 50.5 Å². The molecule has 1 N–H and O–H groups in total. The topological polar surface area (TPSA) is 32.6 Å². The van der Waals surface area contributed by atoms with Crippen LogP contribution in [0.15, 0.2) is 3.34 Å². The molecule has 121 valence electrons. The molecule has 0 heterocycles. The molecule has 0 bridgehead atoms. The van der Waals surface area contributed by atoms with E-state index in [9.17, 15) is 0 Å². The molecule has 0 saturated heterocycles. The van der Waals surface area contributed by atoms with Gasteiger partial charge in [0.1, 0.15) is 0 Å². The third-order valence-corrected chi connectivity index (χ3v) is 4.84. The Morgan fingerprint density at radius 1 is 0.900 bits per heavy atom. The molecule has 0 amide bonds. The van der Waals surface area contributed by atoms with E-state index in [2.05, 4.69) is 30.0 Å². The molecule has 2 saturated carbocycles. The Balaban J connectivity index is 0. The van der Waals surface area contributed by atoms with E-state index in [0.29, 0.717) is 6.04 Å². The van der Waals surface area contributed by atoms with Gasteiger partial charge in [-0.05, 0) is 0 Å². The summed E-state index contributed by atoms with van der Waals surface area (Å²) in [6.45, 7) is 4.29. The van der Waals surface area contributed by atoms with Gasteiger partial charge in [-0.15, -0.1) is 0 Å². The van der Waals surface area contributed by atoms with Gasteiger partial charge in [0.05, 0.1) is 0 Å². The summed E-state index contributed by atoms with van der Waals surface area (Å²) in [5.41, 5.74) is 0. The molecule has 2 aliphatic rings. The summed E-state index contributed by atoms with van der Waals surface area (Å²) in [4.78, 5) is 0. The molecule has 20 heavy (non-hydrogen) atoms. The number of aliphatic hydroxyl groups excluding tert-OH is 1. The third-order valence-electron chi connectivity index (χ3n) is 3.42. The molecule has 2 aliphatic carbocycles. The number of hydrogen-bond acceptors (Lipinski definition) is 2. The van der Waals surface area contributed by atoms with Gasteiger partial charge in [-0.1, -0.05) is 38.5 Å². The fourth-order valence-corrected chi connectivity index (χ4v) is 2.47. The van der Waals surface area contributed by atoms with Gasteiger partial charge in [-0.2, -0.15) is 25.7 Å². The van der Waals surface area contributed by atoms with Crippen molar-refractivity contribution in [3.63, 3.8) is 0 Å². The van der Waals surface area contributed by atoms with Crippen molar-refractivity contribution in [3.05, 3.63) is 12.8 Å². The van der Waals surface area contributed by atoms with Crippen LogP contribution < -0.4 is 0 Å². The maximum atomic E-state index is 7.00. The largest absolute Gasteiger partial charge is 0.400 e. The van der Waals surface area contributed by atoms with Crippen molar-refractivity contribution >= 4 is 0 Å². The second kappa shape index (κ2) is 21.8. The SMILES string of the molecule is CCC(C)[N]=[Ta].CO.[CH-]1CCCCC1.[CH-]1CCCCC1. The predicted octanol–water partition coefficient (Wildman–Crippen LogP) is 5.43. The quantitative estimate of drug-likeness (QED) is 0.559. The number of hydrogen-bond donors (Lipinski definition) is 1. The van der Waals surface area contributed by atoms with Gasteiger partial charge in [-0.3, -0.25) is 0 Å². The summed E-state index contributed by atoms with van der Waals surface area (Å²) in [6.07, 6.45) is 20.2. The summed E-state index contributed by atoms with van der Waals surface area (Å²) in [5, 5.41) is 7.00. The second-order valence-corrected chi connectivity index (χ2v) is 6.06. The summed E-state index contributed by atoms with van der Waals surface area (Å²) in [5.74, 6) is 0. The van der Waals surface area contributed by atoms with Crippen LogP contribution >= 0.6 is 0 Å². The third kappa shape index (κ3) is 20.8. The van der Waals surface area contributed by atoms with E-state index in [4.69, 9.17) is 5.11 Å². The minimum absolute atomic E-state index is 0.610. The van der Waals surface area contributed by atoms with Crippen molar-refractivity contribution in [2.45, 2.75) is 90.5 Å². The zero-order valence-electron chi connectivity index (χ0n) is 13.9. The summed E-state index contributed by atoms with van der Waals surface area (Å²) < 4.78 is 4.12. The van der Waals surface area contributed by atoms with Crippen LogP contribution in [0.25, 0.3) is 0 Å². The Morgan fingerprint density at radius 3 is 1.30 bits per heavy atom. The van der Waals surface area contributed by atoms with Gasteiger partial charge in [0.15, 0.2) is 0 Å². The van der Waals surface area contributed by atoms with E-state index in [0.717, 1.165) is 7.11 Å². The number of rotatable bonds is 2. The van der Waals surface area contributed by atoms with E-state index in [1.54, 1.807) is 0 Å². The maximum absolute atomic E-state index is 7.00. The molecule has 0 aromatic rings. The van der Waals surface area contributed by atoms with Crippen molar-refractivity contribution < 1.29 is 26.0 Å². The van der Waals surface area contributed by atoms with Crippen molar-refractivity contribution in [2.24, 2.45) is 3.34 Å². The van der Waals surface area contributed by atoms with Gasteiger partial charge in [0, 0.05) is 7.11 Å². The number of nitrogens with zero attached hydrogens (tertiary/aromatic N) is 1. The van der Waals surface area contributed by atoms with Crippen LogP contribution in [-0.2, 0) is 20.9 Å². The van der Waals surface area contributed by atoms with Crippen LogP contribution in [0, 0.1) is 12.8 Å². The first kappa shape index (κ1) is 22.8. The Kier molecular flexibility index (Phi) is 24.8. The van der Waals surface area contributed by atoms with E-state index in [1.165, 1.54) is 91.5 Å². The molecule has 2 fully saturated rings. The zero-order valence-corrected chi connectivity index (χ0v) is 17.1. The molecule has 1 unspecified atom stereocenters. The molecule has 0 aromatic carbocycles. The molecule has 1 atom stereocenters. The van der Waals surface area contributed by atoms with Crippen LogP contribution in [0.3, 0.4) is 0 Å². The summed E-state index contributed by atoms with van der Waals surface area (Å²) in [7, 11) is 1.00.